The molecule has 2 N–H and O–H groups in total. The number of hydrogen-bond acceptors (Lipinski definition) is 5. The zero-order chi connectivity index (χ0) is 15.1. The van der Waals surface area contributed by atoms with Gasteiger partial charge in [-0.2, -0.15) is 0 Å². The third-order valence-corrected chi connectivity index (χ3v) is 3.38. The number of esters is 1. The molecule has 0 saturated carbocycles. The molecule has 0 aromatic heterocycles. The lowest BCUT2D eigenvalue weighted by molar-refractivity contribution is -0.140. The Bertz CT molecular complexity index is 492. The van der Waals surface area contributed by atoms with E-state index < -0.39 is 18.0 Å². The second-order valence-electron chi connectivity index (χ2n) is 4.02. The number of hydrogen-bond donors (Lipinski definition) is 2. The van der Waals surface area contributed by atoms with Crippen molar-refractivity contribution in [3.63, 3.8) is 0 Å². The molecule has 0 spiro atoms. The number of ether oxygens (including phenoxy) is 2. The normalized spacial score (nSPS) is 11.9. The van der Waals surface area contributed by atoms with Gasteiger partial charge in [-0.05, 0) is 17.7 Å². The summed E-state index contributed by atoms with van der Waals surface area (Å²) in [5, 5.41) is 11.9. The van der Waals surface area contributed by atoms with E-state index in [2.05, 4.69) is 26.0 Å². The van der Waals surface area contributed by atoms with Gasteiger partial charge in [0, 0.05) is 18.1 Å². The third-order valence-electron chi connectivity index (χ3n) is 2.64. The van der Waals surface area contributed by atoms with Gasteiger partial charge in [0.2, 0.25) is 0 Å². The van der Waals surface area contributed by atoms with Crippen molar-refractivity contribution in [2.24, 2.45) is 0 Å². The van der Waals surface area contributed by atoms with Crippen molar-refractivity contribution >= 4 is 27.9 Å². The van der Waals surface area contributed by atoms with Gasteiger partial charge in [-0.1, -0.05) is 22.0 Å². The van der Waals surface area contributed by atoms with Crippen LogP contribution in [0.3, 0.4) is 0 Å². The predicted molar refractivity (Wildman–Crippen MR) is 75.6 cm³/mol. The first-order valence-electron chi connectivity index (χ1n) is 5.81. The summed E-state index contributed by atoms with van der Waals surface area (Å²) in [7, 11) is 2.76. The fourth-order valence-corrected chi connectivity index (χ4v) is 2.07. The zero-order valence-electron chi connectivity index (χ0n) is 11.2. The predicted octanol–water partition coefficient (Wildman–Crippen LogP) is 1.42. The summed E-state index contributed by atoms with van der Waals surface area (Å²) in [6, 6.07) is 4.20. The van der Waals surface area contributed by atoms with Gasteiger partial charge in [0.15, 0.2) is 0 Å². The highest BCUT2D eigenvalue weighted by Crippen LogP contribution is 2.19. The van der Waals surface area contributed by atoms with Crippen LogP contribution in [0, 0.1) is 0 Å². The maximum absolute atomic E-state index is 11.4. The number of carboxylic acids is 1. The molecule has 0 radical (unpaired) electrons. The SMILES string of the molecule is COCC(NCc1ccc(C(=O)OC)cc1Br)C(=O)O. The van der Waals surface area contributed by atoms with Crippen LogP contribution in [0.15, 0.2) is 22.7 Å². The summed E-state index contributed by atoms with van der Waals surface area (Å²) >= 11 is 3.34. The molecule has 0 aliphatic carbocycles. The van der Waals surface area contributed by atoms with Gasteiger partial charge in [0.1, 0.15) is 6.04 Å². The van der Waals surface area contributed by atoms with E-state index >= 15 is 0 Å². The topological polar surface area (TPSA) is 84.9 Å². The zero-order valence-corrected chi connectivity index (χ0v) is 12.8. The Morgan fingerprint density at radius 2 is 2.10 bits per heavy atom. The summed E-state index contributed by atoms with van der Waals surface area (Å²) in [5.74, 6) is -1.40. The van der Waals surface area contributed by atoms with Crippen molar-refractivity contribution in [1.29, 1.82) is 0 Å². The molecule has 0 heterocycles. The van der Waals surface area contributed by atoms with Crippen molar-refractivity contribution < 1.29 is 24.2 Å². The minimum absolute atomic E-state index is 0.0766. The lowest BCUT2D eigenvalue weighted by atomic mass is 10.1. The highest BCUT2D eigenvalue weighted by Gasteiger charge is 2.17. The Morgan fingerprint density at radius 1 is 1.40 bits per heavy atom. The summed E-state index contributed by atoms with van der Waals surface area (Å²) < 4.78 is 10.2. The first-order chi connectivity index (χ1) is 9.49. The molecule has 0 aliphatic heterocycles. The molecule has 1 unspecified atom stereocenters. The number of nitrogens with one attached hydrogen (secondary N) is 1. The van der Waals surface area contributed by atoms with Crippen LogP contribution >= 0.6 is 15.9 Å². The van der Waals surface area contributed by atoms with Gasteiger partial charge in [-0.15, -0.1) is 0 Å². The number of benzene rings is 1. The average Bonchev–Trinajstić information content (AvgIpc) is 2.43. The molecular formula is C13H16BrNO5. The number of rotatable bonds is 7. The van der Waals surface area contributed by atoms with Crippen LogP contribution in [0.25, 0.3) is 0 Å². The number of methoxy groups -OCH3 is 2. The van der Waals surface area contributed by atoms with E-state index in [-0.39, 0.29) is 6.61 Å². The largest absolute Gasteiger partial charge is 0.480 e. The van der Waals surface area contributed by atoms with Gasteiger partial charge >= 0.3 is 11.9 Å². The molecule has 110 valence electrons. The number of carboxylic acid groups (broad SMARTS) is 1. The van der Waals surface area contributed by atoms with E-state index in [1.165, 1.54) is 14.2 Å². The van der Waals surface area contributed by atoms with Crippen LogP contribution in [0.2, 0.25) is 0 Å². The lowest BCUT2D eigenvalue weighted by Crippen LogP contribution is -2.39. The molecule has 0 saturated heterocycles. The fourth-order valence-electron chi connectivity index (χ4n) is 1.55. The Hall–Kier alpha value is -1.44. The van der Waals surface area contributed by atoms with Crippen LogP contribution in [-0.2, 0) is 20.8 Å². The Kier molecular flexibility index (Phi) is 6.63. The quantitative estimate of drug-likeness (QED) is 0.727. The van der Waals surface area contributed by atoms with E-state index in [0.29, 0.717) is 16.6 Å². The molecule has 20 heavy (non-hydrogen) atoms. The van der Waals surface area contributed by atoms with Gasteiger partial charge in [-0.25, -0.2) is 4.79 Å². The standard InChI is InChI=1S/C13H16BrNO5/c1-19-7-11(12(16)17)15-6-9-4-3-8(5-10(9)14)13(18)20-2/h3-5,11,15H,6-7H2,1-2H3,(H,16,17). The molecule has 1 rings (SSSR count). The highest BCUT2D eigenvalue weighted by atomic mass is 79.9. The highest BCUT2D eigenvalue weighted by molar-refractivity contribution is 9.10. The summed E-state index contributed by atoms with van der Waals surface area (Å²) in [5.41, 5.74) is 1.26. The first kappa shape index (κ1) is 16.6. The molecule has 0 bridgehead atoms. The van der Waals surface area contributed by atoms with Gasteiger partial charge in [0.05, 0.1) is 19.3 Å². The number of aliphatic carboxylic acids is 1. The maximum Gasteiger partial charge on any atom is 0.337 e. The van der Waals surface area contributed by atoms with Crippen molar-refractivity contribution in [1.82, 2.24) is 5.32 Å². The van der Waals surface area contributed by atoms with Crippen LogP contribution in [0.5, 0.6) is 0 Å². The first-order valence-corrected chi connectivity index (χ1v) is 6.60. The molecular weight excluding hydrogens is 330 g/mol. The Labute approximate surface area is 125 Å². The van der Waals surface area contributed by atoms with Crippen molar-refractivity contribution in [3.8, 4) is 0 Å². The smallest absolute Gasteiger partial charge is 0.337 e. The Morgan fingerprint density at radius 3 is 2.60 bits per heavy atom. The van der Waals surface area contributed by atoms with E-state index in [4.69, 9.17) is 9.84 Å². The molecule has 1 aromatic carbocycles. The number of halogens is 1. The van der Waals surface area contributed by atoms with Gasteiger partial charge in [-0.3, -0.25) is 10.1 Å². The van der Waals surface area contributed by atoms with E-state index in [9.17, 15) is 9.59 Å². The van der Waals surface area contributed by atoms with Gasteiger partial charge < -0.3 is 14.6 Å². The average molecular weight is 346 g/mol. The molecule has 6 nitrogen and oxygen atoms in total. The van der Waals surface area contributed by atoms with E-state index in [1.807, 2.05) is 0 Å². The van der Waals surface area contributed by atoms with Crippen molar-refractivity contribution in [3.05, 3.63) is 33.8 Å². The number of carbonyl (C=O) groups is 2. The third kappa shape index (κ3) is 4.59. The van der Waals surface area contributed by atoms with Crippen LogP contribution in [0.4, 0.5) is 0 Å². The molecule has 1 atom stereocenters. The van der Waals surface area contributed by atoms with Crippen molar-refractivity contribution in [2.45, 2.75) is 12.6 Å². The van der Waals surface area contributed by atoms with E-state index in [1.54, 1.807) is 18.2 Å². The van der Waals surface area contributed by atoms with Crippen molar-refractivity contribution in [2.75, 3.05) is 20.8 Å². The summed E-state index contributed by atoms with van der Waals surface area (Å²) in [6.45, 7) is 0.412. The van der Waals surface area contributed by atoms with Gasteiger partial charge in [0.25, 0.3) is 0 Å². The van der Waals surface area contributed by atoms with E-state index in [0.717, 1.165) is 5.56 Å². The number of carbonyl (C=O) groups excluding carboxylic acids is 1. The molecule has 0 amide bonds. The monoisotopic (exact) mass is 345 g/mol. The second-order valence-corrected chi connectivity index (χ2v) is 4.88. The lowest BCUT2D eigenvalue weighted by Gasteiger charge is -2.14. The summed E-state index contributed by atoms with van der Waals surface area (Å²) in [6.07, 6.45) is 0. The van der Waals surface area contributed by atoms with Crippen LogP contribution < -0.4 is 5.32 Å². The minimum atomic E-state index is -0.978. The maximum atomic E-state index is 11.4. The van der Waals surface area contributed by atoms with Crippen LogP contribution in [0.1, 0.15) is 15.9 Å². The molecule has 0 fully saturated rings. The molecule has 1 aromatic rings. The molecule has 7 heteroatoms. The van der Waals surface area contributed by atoms with Crippen LogP contribution in [-0.4, -0.2) is 43.9 Å². The molecule has 0 aliphatic rings. The fraction of sp³-hybridized carbons (Fsp3) is 0.385. The summed E-state index contributed by atoms with van der Waals surface area (Å²) in [4.78, 5) is 22.3. The second kappa shape index (κ2) is 7.98. The minimum Gasteiger partial charge on any atom is -0.480 e. The Balaban J connectivity index is 2.73.